The maximum Gasteiger partial charge on any atom is 0.244 e. The molecule has 122 valence electrons. The van der Waals surface area contributed by atoms with Crippen LogP contribution in [0.3, 0.4) is 0 Å². The van der Waals surface area contributed by atoms with Crippen molar-refractivity contribution in [2.45, 2.75) is 45.6 Å². The molecule has 0 aliphatic heterocycles. The van der Waals surface area contributed by atoms with Crippen LogP contribution in [0, 0.1) is 5.92 Å². The Morgan fingerprint density at radius 2 is 2.00 bits per heavy atom. The van der Waals surface area contributed by atoms with Crippen LogP contribution in [0.25, 0.3) is 0 Å². The zero-order valence-electron chi connectivity index (χ0n) is 13.9. The largest absolute Gasteiger partial charge is 0.352 e. The molecule has 0 saturated heterocycles. The Balaban J connectivity index is 2.95. The number of sulfonamides is 1. The maximum atomic E-state index is 12.7. The van der Waals surface area contributed by atoms with Gasteiger partial charge >= 0.3 is 0 Å². The summed E-state index contributed by atoms with van der Waals surface area (Å²) in [6.45, 7) is 10.7. The fraction of sp³-hybridized carbons (Fsp3) is 0.733. The minimum absolute atomic E-state index is 0.314. The summed E-state index contributed by atoms with van der Waals surface area (Å²) in [4.78, 5) is 0.390. The van der Waals surface area contributed by atoms with Gasteiger partial charge in [-0.2, -0.15) is 4.31 Å². The van der Waals surface area contributed by atoms with Crippen molar-refractivity contribution >= 4 is 10.0 Å². The molecule has 1 aromatic rings. The number of rotatable bonds is 9. The van der Waals surface area contributed by atoms with Gasteiger partial charge in [0.05, 0.1) is 0 Å². The summed E-state index contributed by atoms with van der Waals surface area (Å²) < 4.78 is 28.8. The predicted octanol–water partition coefficient (Wildman–Crippen LogP) is 2.19. The summed E-state index contributed by atoms with van der Waals surface area (Å²) in [6.07, 6.45) is 2.77. The van der Waals surface area contributed by atoms with Crippen LogP contribution >= 0.6 is 0 Å². The fourth-order valence-corrected chi connectivity index (χ4v) is 3.95. The van der Waals surface area contributed by atoms with E-state index in [0.717, 1.165) is 18.7 Å². The van der Waals surface area contributed by atoms with E-state index in [1.165, 1.54) is 0 Å². The summed E-state index contributed by atoms with van der Waals surface area (Å²) in [6, 6.07) is 1.78. The summed E-state index contributed by atoms with van der Waals surface area (Å²) in [7, 11) is -1.50. The van der Waals surface area contributed by atoms with Gasteiger partial charge in [0.1, 0.15) is 4.90 Å². The molecule has 21 heavy (non-hydrogen) atoms. The van der Waals surface area contributed by atoms with Gasteiger partial charge in [-0.1, -0.05) is 27.7 Å². The zero-order chi connectivity index (χ0) is 16.0. The molecule has 5 nitrogen and oxygen atoms in total. The lowest BCUT2D eigenvalue weighted by Gasteiger charge is -2.21. The molecule has 0 atom stereocenters. The average molecular weight is 315 g/mol. The van der Waals surface area contributed by atoms with Gasteiger partial charge in [-0.3, -0.25) is 0 Å². The van der Waals surface area contributed by atoms with Gasteiger partial charge in [-0.25, -0.2) is 8.42 Å². The highest BCUT2D eigenvalue weighted by atomic mass is 32.2. The Labute approximate surface area is 129 Å². The Morgan fingerprint density at radius 1 is 1.33 bits per heavy atom. The van der Waals surface area contributed by atoms with Gasteiger partial charge in [-0.05, 0) is 24.9 Å². The molecule has 0 saturated carbocycles. The predicted molar refractivity (Wildman–Crippen MR) is 86.7 cm³/mol. The second-order valence-electron chi connectivity index (χ2n) is 5.80. The quantitative estimate of drug-likeness (QED) is 0.711. The number of hydrogen-bond donors (Lipinski definition) is 1. The first-order chi connectivity index (χ1) is 9.82. The van der Waals surface area contributed by atoms with Crippen molar-refractivity contribution < 1.29 is 8.42 Å². The highest BCUT2D eigenvalue weighted by Gasteiger charge is 2.25. The topological polar surface area (TPSA) is 54.3 Å². The molecular formula is C15H29N3O2S. The third-order valence-corrected chi connectivity index (χ3v) is 5.28. The summed E-state index contributed by atoms with van der Waals surface area (Å²) in [5.74, 6) is 0.314. The SMILES string of the molecule is CCCNCc1cc(S(=O)(=O)N(CC)CC(C)C)cn1C. The number of nitrogens with one attached hydrogen (secondary N) is 1. The summed E-state index contributed by atoms with van der Waals surface area (Å²) >= 11 is 0. The first kappa shape index (κ1) is 18.2. The number of aryl methyl sites for hydroxylation is 1. The van der Waals surface area contributed by atoms with Crippen molar-refractivity contribution in [2.24, 2.45) is 13.0 Å². The second-order valence-corrected chi connectivity index (χ2v) is 7.74. The van der Waals surface area contributed by atoms with E-state index in [9.17, 15) is 8.42 Å². The number of nitrogens with zero attached hydrogens (tertiary/aromatic N) is 2. The van der Waals surface area contributed by atoms with Crippen LogP contribution in [0.4, 0.5) is 0 Å². The molecule has 0 aromatic carbocycles. The van der Waals surface area contributed by atoms with E-state index < -0.39 is 10.0 Å². The minimum Gasteiger partial charge on any atom is -0.352 e. The monoisotopic (exact) mass is 315 g/mol. The molecule has 0 amide bonds. The second kappa shape index (κ2) is 7.96. The summed E-state index contributed by atoms with van der Waals surface area (Å²) in [5, 5.41) is 3.30. The van der Waals surface area contributed by atoms with Gasteiger partial charge in [0.15, 0.2) is 0 Å². The Morgan fingerprint density at radius 3 is 2.52 bits per heavy atom. The van der Waals surface area contributed by atoms with E-state index in [1.807, 2.05) is 32.4 Å². The van der Waals surface area contributed by atoms with Crippen molar-refractivity contribution in [3.63, 3.8) is 0 Å². The van der Waals surface area contributed by atoms with Gasteiger partial charge in [-0.15, -0.1) is 0 Å². The molecule has 1 N–H and O–H groups in total. The lowest BCUT2D eigenvalue weighted by Crippen LogP contribution is -2.33. The number of aromatic nitrogens is 1. The lowest BCUT2D eigenvalue weighted by atomic mass is 10.2. The molecule has 1 rings (SSSR count). The van der Waals surface area contributed by atoms with Crippen molar-refractivity contribution in [3.8, 4) is 0 Å². The third-order valence-electron chi connectivity index (χ3n) is 3.37. The minimum atomic E-state index is -3.39. The highest BCUT2D eigenvalue weighted by Crippen LogP contribution is 2.19. The third kappa shape index (κ3) is 4.83. The molecule has 0 aliphatic rings. The van der Waals surface area contributed by atoms with E-state index in [2.05, 4.69) is 12.2 Å². The first-order valence-corrected chi connectivity index (χ1v) is 9.13. The van der Waals surface area contributed by atoms with Crippen LogP contribution in [-0.2, 0) is 23.6 Å². The molecule has 0 radical (unpaired) electrons. The van der Waals surface area contributed by atoms with E-state index in [-0.39, 0.29) is 0 Å². The van der Waals surface area contributed by atoms with Crippen LogP contribution in [0.1, 0.15) is 39.8 Å². The van der Waals surface area contributed by atoms with E-state index in [0.29, 0.717) is 30.4 Å². The molecule has 6 heteroatoms. The van der Waals surface area contributed by atoms with Crippen LogP contribution < -0.4 is 5.32 Å². The van der Waals surface area contributed by atoms with Gasteiger partial charge < -0.3 is 9.88 Å². The Bertz CT molecular complexity index is 535. The average Bonchev–Trinajstić information content (AvgIpc) is 2.78. The van der Waals surface area contributed by atoms with Gasteiger partial charge in [0.2, 0.25) is 10.0 Å². The first-order valence-electron chi connectivity index (χ1n) is 7.69. The molecule has 1 heterocycles. The molecule has 0 fully saturated rings. The molecule has 0 spiro atoms. The highest BCUT2D eigenvalue weighted by molar-refractivity contribution is 7.89. The van der Waals surface area contributed by atoms with Crippen LogP contribution in [0.5, 0.6) is 0 Å². The van der Waals surface area contributed by atoms with Crippen molar-refractivity contribution in [2.75, 3.05) is 19.6 Å². The molecule has 1 aromatic heterocycles. The molecule has 0 bridgehead atoms. The van der Waals surface area contributed by atoms with Crippen molar-refractivity contribution in [1.29, 1.82) is 0 Å². The lowest BCUT2D eigenvalue weighted by molar-refractivity contribution is 0.381. The molecular weight excluding hydrogens is 286 g/mol. The van der Waals surface area contributed by atoms with E-state index in [4.69, 9.17) is 0 Å². The van der Waals surface area contributed by atoms with Crippen LogP contribution in [0.2, 0.25) is 0 Å². The standard InChI is InChI=1S/C15H29N3O2S/c1-6-8-16-10-14-9-15(12-17(14)5)21(19,20)18(7-2)11-13(3)4/h9,12-13,16H,6-8,10-11H2,1-5H3. The van der Waals surface area contributed by atoms with E-state index in [1.54, 1.807) is 16.6 Å². The zero-order valence-corrected chi connectivity index (χ0v) is 14.7. The van der Waals surface area contributed by atoms with E-state index >= 15 is 0 Å². The molecule has 0 aliphatic carbocycles. The van der Waals surface area contributed by atoms with Gasteiger partial charge in [0, 0.05) is 38.6 Å². The van der Waals surface area contributed by atoms with Crippen LogP contribution in [0.15, 0.2) is 17.2 Å². The Kier molecular flexibility index (Phi) is 6.90. The smallest absolute Gasteiger partial charge is 0.244 e. The van der Waals surface area contributed by atoms with Gasteiger partial charge in [0.25, 0.3) is 0 Å². The number of hydrogen-bond acceptors (Lipinski definition) is 3. The van der Waals surface area contributed by atoms with Crippen LogP contribution in [-0.4, -0.2) is 36.9 Å². The molecule has 0 unspecified atom stereocenters. The Hall–Kier alpha value is -0.850. The van der Waals surface area contributed by atoms with Crippen molar-refractivity contribution in [3.05, 3.63) is 18.0 Å². The maximum absolute atomic E-state index is 12.7. The summed E-state index contributed by atoms with van der Waals surface area (Å²) in [5.41, 5.74) is 0.989. The fourth-order valence-electron chi connectivity index (χ4n) is 2.24. The van der Waals surface area contributed by atoms with Crippen molar-refractivity contribution in [1.82, 2.24) is 14.2 Å². The normalized spacial score (nSPS) is 12.5.